The molecule has 0 amide bonds. The Labute approximate surface area is 79.9 Å². The van der Waals surface area contributed by atoms with E-state index in [1.807, 2.05) is 0 Å². The molecule has 13 heavy (non-hydrogen) atoms. The van der Waals surface area contributed by atoms with Crippen molar-refractivity contribution in [1.82, 2.24) is 0 Å². The van der Waals surface area contributed by atoms with E-state index in [1.165, 1.54) is 0 Å². The van der Waals surface area contributed by atoms with Gasteiger partial charge in [-0.05, 0) is 6.07 Å². The molecule has 0 bridgehead atoms. The molecule has 0 saturated heterocycles. The zero-order valence-electron chi connectivity index (χ0n) is 6.66. The summed E-state index contributed by atoms with van der Waals surface area (Å²) in [7, 11) is 0. The maximum atomic E-state index is 11.2. The van der Waals surface area contributed by atoms with E-state index >= 15 is 0 Å². The topological polar surface area (TPSA) is 38.7 Å². The summed E-state index contributed by atoms with van der Waals surface area (Å²) >= 11 is 5.88. The molecule has 0 atom stereocenters. The summed E-state index contributed by atoms with van der Waals surface area (Å²) in [6, 6.07) is 7.06. The molecular weight excluding hydrogens is 190 g/mol. The highest BCUT2D eigenvalue weighted by molar-refractivity contribution is 6.50. The van der Waals surface area contributed by atoms with Crippen molar-refractivity contribution in [2.24, 2.45) is 5.16 Å². The SMILES string of the molecule is O=C1CON=C1c1ccccc1Cl. The molecule has 3 nitrogen and oxygen atoms in total. The number of hydrogen-bond donors (Lipinski definition) is 0. The van der Waals surface area contributed by atoms with Gasteiger partial charge in [-0.3, -0.25) is 4.79 Å². The van der Waals surface area contributed by atoms with Gasteiger partial charge in [0.15, 0.2) is 12.3 Å². The van der Waals surface area contributed by atoms with Crippen LogP contribution in [0, 0.1) is 0 Å². The third-order valence-corrected chi connectivity index (χ3v) is 2.07. The molecule has 66 valence electrons. The summed E-state index contributed by atoms with van der Waals surface area (Å²) in [4.78, 5) is 15.9. The number of Topliss-reactive ketones (excluding diaryl/α,β-unsaturated/α-hetero) is 1. The summed E-state index contributed by atoms with van der Waals surface area (Å²) in [5.74, 6) is -0.131. The summed E-state index contributed by atoms with van der Waals surface area (Å²) in [6.45, 7) is 0.0144. The highest BCUT2D eigenvalue weighted by atomic mass is 35.5. The average Bonchev–Trinajstić information content (AvgIpc) is 2.52. The number of carbonyl (C=O) groups is 1. The van der Waals surface area contributed by atoms with Gasteiger partial charge in [0.05, 0.1) is 5.02 Å². The third kappa shape index (κ3) is 1.42. The van der Waals surface area contributed by atoms with Crippen molar-refractivity contribution in [3.8, 4) is 0 Å². The highest BCUT2D eigenvalue weighted by Gasteiger charge is 2.22. The average molecular weight is 196 g/mol. The van der Waals surface area contributed by atoms with Gasteiger partial charge in [-0.1, -0.05) is 35.0 Å². The van der Waals surface area contributed by atoms with Crippen molar-refractivity contribution >= 4 is 23.1 Å². The lowest BCUT2D eigenvalue weighted by molar-refractivity contribution is -0.114. The van der Waals surface area contributed by atoms with Crippen molar-refractivity contribution in [3.63, 3.8) is 0 Å². The Morgan fingerprint density at radius 3 is 2.77 bits per heavy atom. The first kappa shape index (κ1) is 8.26. The highest BCUT2D eigenvalue weighted by Crippen LogP contribution is 2.18. The normalized spacial score (nSPS) is 15.5. The van der Waals surface area contributed by atoms with Gasteiger partial charge in [0.25, 0.3) is 0 Å². The first-order valence-corrected chi connectivity index (χ1v) is 4.15. The number of hydrogen-bond acceptors (Lipinski definition) is 3. The Morgan fingerprint density at radius 2 is 2.15 bits per heavy atom. The monoisotopic (exact) mass is 195 g/mol. The second-order valence-corrected chi connectivity index (χ2v) is 3.02. The Balaban J connectivity index is 2.46. The Bertz CT molecular complexity index is 387. The molecule has 0 radical (unpaired) electrons. The van der Waals surface area contributed by atoms with E-state index < -0.39 is 0 Å². The van der Waals surface area contributed by atoms with Crippen molar-refractivity contribution in [1.29, 1.82) is 0 Å². The largest absolute Gasteiger partial charge is 0.387 e. The van der Waals surface area contributed by atoms with Crippen molar-refractivity contribution in [3.05, 3.63) is 34.9 Å². The van der Waals surface area contributed by atoms with Gasteiger partial charge < -0.3 is 4.84 Å². The molecule has 1 aliphatic heterocycles. The maximum Gasteiger partial charge on any atom is 0.225 e. The Kier molecular flexibility index (Phi) is 2.02. The van der Waals surface area contributed by atoms with Gasteiger partial charge in [-0.2, -0.15) is 0 Å². The maximum absolute atomic E-state index is 11.2. The lowest BCUT2D eigenvalue weighted by Gasteiger charge is -1.98. The van der Waals surface area contributed by atoms with E-state index in [2.05, 4.69) is 9.99 Å². The molecule has 2 rings (SSSR count). The summed E-state index contributed by atoms with van der Waals surface area (Å²) in [5.41, 5.74) is 0.942. The molecule has 0 aliphatic carbocycles. The molecule has 1 aromatic rings. The Morgan fingerprint density at radius 1 is 1.38 bits per heavy atom. The predicted molar refractivity (Wildman–Crippen MR) is 48.9 cm³/mol. The minimum absolute atomic E-state index is 0.0144. The molecule has 0 N–H and O–H groups in total. The van der Waals surface area contributed by atoms with Crippen LogP contribution >= 0.6 is 11.6 Å². The van der Waals surface area contributed by atoms with E-state index in [4.69, 9.17) is 11.6 Å². The summed E-state index contributed by atoms with van der Waals surface area (Å²) in [5, 5.41) is 4.14. The first-order valence-electron chi connectivity index (χ1n) is 3.77. The lowest BCUT2D eigenvalue weighted by atomic mass is 10.1. The van der Waals surface area contributed by atoms with E-state index in [9.17, 15) is 4.79 Å². The fourth-order valence-electron chi connectivity index (χ4n) is 1.13. The van der Waals surface area contributed by atoms with Crippen molar-refractivity contribution in [2.45, 2.75) is 0 Å². The molecule has 0 fully saturated rings. The molecule has 1 heterocycles. The Hall–Kier alpha value is -1.35. The molecular formula is C9H6ClNO2. The van der Waals surface area contributed by atoms with Gasteiger partial charge in [0.2, 0.25) is 5.78 Å². The molecule has 0 saturated carbocycles. The number of benzene rings is 1. The molecule has 1 aliphatic rings. The molecule has 0 spiro atoms. The zero-order chi connectivity index (χ0) is 9.26. The number of ketones is 1. The van der Waals surface area contributed by atoms with Crippen LogP contribution in [0.5, 0.6) is 0 Å². The number of rotatable bonds is 1. The lowest BCUT2D eigenvalue weighted by Crippen LogP contribution is -2.13. The van der Waals surface area contributed by atoms with Crippen molar-refractivity contribution in [2.75, 3.05) is 6.61 Å². The second kappa shape index (κ2) is 3.18. The fraction of sp³-hybridized carbons (Fsp3) is 0.111. The molecule has 4 heteroatoms. The van der Waals surface area contributed by atoms with E-state index in [1.54, 1.807) is 24.3 Å². The van der Waals surface area contributed by atoms with Gasteiger partial charge in [-0.25, -0.2) is 0 Å². The van der Waals surface area contributed by atoms with Gasteiger partial charge in [0, 0.05) is 5.56 Å². The van der Waals surface area contributed by atoms with Crippen LogP contribution in [0.1, 0.15) is 5.56 Å². The summed E-state index contributed by atoms with van der Waals surface area (Å²) < 4.78 is 0. The van der Waals surface area contributed by atoms with Crippen LogP contribution in [0.25, 0.3) is 0 Å². The standard InChI is InChI=1S/C9H6ClNO2/c10-7-4-2-1-3-6(7)9-8(12)5-13-11-9/h1-4H,5H2. The molecule has 0 unspecified atom stereocenters. The van der Waals surface area contributed by atoms with E-state index in [0.29, 0.717) is 16.3 Å². The van der Waals surface area contributed by atoms with Gasteiger partial charge in [-0.15, -0.1) is 0 Å². The van der Waals surface area contributed by atoms with Crippen LogP contribution in [0.3, 0.4) is 0 Å². The van der Waals surface area contributed by atoms with Gasteiger partial charge >= 0.3 is 0 Å². The number of oxime groups is 1. The van der Waals surface area contributed by atoms with Crippen LogP contribution in [0.15, 0.2) is 29.4 Å². The quantitative estimate of drug-likeness (QED) is 0.684. The molecule has 1 aromatic carbocycles. The second-order valence-electron chi connectivity index (χ2n) is 2.62. The first-order chi connectivity index (χ1) is 6.29. The smallest absolute Gasteiger partial charge is 0.225 e. The van der Waals surface area contributed by atoms with Crippen LogP contribution in [0.2, 0.25) is 5.02 Å². The molecule has 0 aromatic heterocycles. The predicted octanol–water partition coefficient (Wildman–Crippen LogP) is 1.64. The van der Waals surface area contributed by atoms with Crippen LogP contribution in [-0.4, -0.2) is 18.1 Å². The third-order valence-electron chi connectivity index (χ3n) is 1.74. The minimum Gasteiger partial charge on any atom is -0.387 e. The minimum atomic E-state index is -0.131. The van der Waals surface area contributed by atoms with Gasteiger partial charge in [0.1, 0.15) is 0 Å². The number of carbonyl (C=O) groups excluding carboxylic acids is 1. The van der Waals surface area contributed by atoms with E-state index in [-0.39, 0.29) is 12.4 Å². The van der Waals surface area contributed by atoms with Crippen LogP contribution in [-0.2, 0) is 9.63 Å². The number of nitrogens with zero attached hydrogens (tertiary/aromatic N) is 1. The van der Waals surface area contributed by atoms with E-state index in [0.717, 1.165) is 0 Å². The number of halogens is 1. The zero-order valence-corrected chi connectivity index (χ0v) is 7.41. The van der Waals surface area contributed by atoms with Crippen molar-refractivity contribution < 1.29 is 9.63 Å². The van der Waals surface area contributed by atoms with Crippen LogP contribution in [0.4, 0.5) is 0 Å². The fourth-order valence-corrected chi connectivity index (χ4v) is 1.35. The summed E-state index contributed by atoms with van der Waals surface area (Å²) in [6.07, 6.45) is 0. The van der Waals surface area contributed by atoms with Crippen LogP contribution < -0.4 is 0 Å².